The molecule has 3 rings (SSSR count). The summed E-state index contributed by atoms with van der Waals surface area (Å²) in [6, 6.07) is 19.8. The fourth-order valence-corrected chi connectivity index (χ4v) is 3.33. The van der Waals surface area contributed by atoms with E-state index < -0.39 is 0 Å². The number of amides is 1. The molecule has 0 atom stereocenters. The lowest BCUT2D eigenvalue weighted by atomic mass is 10.2. The van der Waals surface area contributed by atoms with Crippen molar-refractivity contribution in [3.8, 4) is 5.75 Å². The quantitative estimate of drug-likeness (QED) is 0.246. The predicted molar refractivity (Wildman–Crippen MR) is 121 cm³/mol. The van der Waals surface area contributed by atoms with Gasteiger partial charge in [0.2, 0.25) is 0 Å². The molecule has 4 nitrogen and oxygen atoms in total. The second kappa shape index (κ2) is 9.91. The molecule has 142 valence electrons. The van der Waals surface area contributed by atoms with Crippen molar-refractivity contribution in [1.82, 2.24) is 5.43 Å². The fraction of sp³-hybridized carbons (Fsp3) is 0.0476. The van der Waals surface area contributed by atoms with E-state index >= 15 is 0 Å². The summed E-state index contributed by atoms with van der Waals surface area (Å²) < 4.78 is 6.78. The molecule has 1 N–H and O–H groups in total. The van der Waals surface area contributed by atoms with E-state index in [2.05, 4.69) is 33.1 Å². The third kappa shape index (κ3) is 5.70. The lowest BCUT2D eigenvalue weighted by Crippen LogP contribution is -2.17. The van der Waals surface area contributed by atoms with Crippen molar-refractivity contribution in [1.29, 1.82) is 0 Å². The summed E-state index contributed by atoms with van der Waals surface area (Å²) in [5.41, 5.74) is 4.74. The van der Waals surface area contributed by atoms with Crippen molar-refractivity contribution in [2.75, 3.05) is 0 Å². The Hall–Kier alpha value is -2.09. The van der Waals surface area contributed by atoms with Crippen molar-refractivity contribution in [2.24, 2.45) is 5.10 Å². The van der Waals surface area contributed by atoms with Crippen LogP contribution in [-0.2, 0) is 6.61 Å². The van der Waals surface area contributed by atoms with Gasteiger partial charge in [-0.2, -0.15) is 5.10 Å². The SMILES string of the molecule is O=C(N/N=C\c1ccc(OCc2ccccc2Cl)c(I)c1)c1ccc(Cl)cc1. The van der Waals surface area contributed by atoms with Gasteiger partial charge in [0.1, 0.15) is 12.4 Å². The Bertz CT molecular complexity index is 1010. The van der Waals surface area contributed by atoms with Gasteiger partial charge in [0.25, 0.3) is 5.91 Å². The van der Waals surface area contributed by atoms with Gasteiger partial charge < -0.3 is 4.74 Å². The van der Waals surface area contributed by atoms with Crippen molar-refractivity contribution in [3.63, 3.8) is 0 Å². The molecule has 0 saturated carbocycles. The van der Waals surface area contributed by atoms with Gasteiger partial charge >= 0.3 is 0 Å². The lowest BCUT2D eigenvalue weighted by molar-refractivity contribution is 0.0955. The topological polar surface area (TPSA) is 50.7 Å². The molecule has 0 aliphatic heterocycles. The van der Waals surface area contributed by atoms with Crippen LogP contribution in [-0.4, -0.2) is 12.1 Å². The third-order valence-corrected chi connectivity index (χ3v) is 5.25. The van der Waals surface area contributed by atoms with Gasteiger partial charge in [-0.3, -0.25) is 4.79 Å². The highest BCUT2D eigenvalue weighted by Crippen LogP contribution is 2.24. The molecule has 3 aromatic carbocycles. The first-order valence-electron chi connectivity index (χ1n) is 8.27. The first-order valence-corrected chi connectivity index (χ1v) is 10.1. The van der Waals surface area contributed by atoms with Crippen LogP contribution in [0.15, 0.2) is 71.8 Å². The van der Waals surface area contributed by atoms with Crippen LogP contribution < -0.4 is 10.2 Å². The predicted octanol–water partition coefficient (Wildman–Crippen LogP) is 5.94. The van der Waals surface area contributed by atoms with Crippen LogP contribution in [0.1, 0.15) is 21.5 Å². The van der Waals surface area contributed by atoms with Crippen LogP contribution in [0.2, 0.25) is 10.0 Å². The Balaban J connectivity index is 1.59. The van der Waals surface area contributed by atoms with E-state index in [1.165, 1.54) is 0 Å². The van der Waals surface area contributed by atoms with Crippen LogP contribution in [0.5, 0.6) is 5.75 Å². The van der Waals surface area contributed by atoms with E-state index in [1.54, 1.807) is 30.5 Å². The molecule has 3 aromatic rings. The van der Waals surface area contributed by atoms with Gasteiger partial charge in [-0.25, -0.2) is 5.43 Å². The zero-order valence-corrected chi connectivity index (χ0v) is 18.2. The monoisotopic (exact) mass is 524 g/mol. The summed E-state index contributed by atoms with van der Waals surface area (Å²) in [4.78, 5) is 12.0. The smallest absolute Gasteiger partial charge is 0.271 e. The maximum absolute atomic E-state index is 12.0. The van der Waals surface area contributed by atoms with Gasteiger partial charge in [0, 0.05) is 21.2 Å². The number of ether oxygens (including phenoxy) is 1. The maximum Gasteiger partial charge on any atom is 0.271 e. The minimum atomic E-state index is -0.303. The zero-order valence-electron chi connectivity index (χ0n) is 14.5. The molecular formula is C21H15Cl2IN2O2. The number of hydrazone groups is 1. The first kappa shape index (κ1) is 20.6. The standard InChI is InChI=1S/C21H15Cl2IN2O2/c22-17-8-6-15(7-9-17)21(27)26-25-12-14-5-10-20(19(24)11-14)28-13-16-3-1-2-4-18(16)23/h1-12H,13H2,(H,26,27)/b25-12-. The second-order valence-electron chi connectivity index (χ2n) is 5.78. The number of nitrogens with zero attached hydrogens (tertiary/aromatic N) is 1. The number of hydrogen-bond acceptors (Lipinski definition) is 3. The minimum Gasteiger partial charge on any atom is -0.488 e. The summed E-state index contributed by atoms with van der Waals surface area (Å²) in [5.74, 6) is 0.449. The molecular weight excluding hydrogens is 510 g/mol. The van der Waals surface area contributed by atoms with Crippen LogP contribution >= 0.6 is 45.8 Å². The van der Waals surface area contributed by atoms with Crippen molar-refractivity contribution >= 4 is 57.9 Å². The zero-order chi connectivity index (χ0) is 19.9. The minimum absolute atomic E-state index is 0.303. The highest BCUT2D eigenvalue weighted by atomic mass is 127. The molecule has 28 heavy (non-hydrogen) atoms. The summed E-state index contributed by atoms with van der Waals surface area (Å²) >= 11 is 14.2. The molecule has 7 heteroatoms. The number of halogens is 3. The van der Waals surface area contributed by atoms with Crippen LogP contribution in [0.3, 0.4) is 0 Å². The summed E-state index contributed by atoms with van der Waals surface area (Å²) in [6.45, 7) is 0.389. The van der Waals surface area contributed by atoms with Crippen molar-refractivity contribution in [2.45, 2.75) is 6.61 Å². The molecule has 0 unspecified atom stereocenters. The Labute approximate surface area is 186 Å². The van der Waals surface area contributed by atoms with Gasteiger partial charge in [-0.15, -0.1) is 0 Å². The lowest BCUT2D eigenvalue weighted by Gasteiger charge is -2.10. The molecule has 0 radical (unpaired) electrons. The second-order valence-corrected chi connectivity index (χ2v) is 7.78. The van der Waals surface area contributed by atoms with E-state index in [0.717, 1.165) is 20.4 Å². The number of benzene rings is 3. The normalized spacial score (nSPS) is 10.8. The van der Waals surface area contributed by atoms with E-state index in [0.29, 0.717) is 22.2 Å². The van der Waals surface area contributed by atoms with E-state index in [9.17, 15) is 4.79 Å². The van der Waals surface area contributed by atoms with Crippen LogP contribution in [0, 0.1) is 3.57 Å². The molecule has 0 aromatic heterocycles. The summed E-state index contributed by atoms with van der Waals surface area (Å²) in [6.07, 6.45) is 1.58. The largest absolute Gasteiger partial charge is 0.488 e. The van der Waals surface area contributed by atoms with Crippen molar-refractivity contribution in [3.05, 3.63) is 97.0 Å². The van der Waals surface area contributed by atoms with Gasteiger partial charge in [-0.05, 0) is 76.7 Å². The molecule has 1 amide bonds. The third-order valence-electron chi connectivity index (χ3n) is 3.78. The van der Waals surface area contributed by atoms with Gasteiger partial charge in [0.05, 0.1) is 9.78 Å². The number of nitrogens with one attached hydrogen (secondary N) is 1. The molecule has 0 fully saturated rings. The molecule has 0 saturated heterocycles. The van der Waals surface area contributed by atoms with Crippen LogP contribution in [0.25, 0.3) is 0 Å². The first-order chi connectivity index (χ1) is 13.5. The Morgan fingerprint density at radius 1 is 1.07 bits per heavy atom. The summed E-state index contributed by atoms with van der Waals surface area (Å²) in [7, 11) is 0. The van der Waals surface area contributed by atoms with Gasteiger partial charge in [-0.1, -0.05) is 41.4 Å². The highest BCUT2D eigenvalue weighted by molar-refractivity contribution is 14.1. The molecule has 0 heterocycles. The molecule has 0 spiro atoms. The van der Waals surface area contributed by atoms with E-state index in [4.69, 9.17) is 27.9 Å². The van der Waals surface area contributed by atoms with Crippen LogP contribution in [0.4, 0.5) is 0 Å². The van der Waals surface area contributed by atoms with Crippen molar-refractivity contribution < 1.29 is 9.53 Å². The maximum atomic E-state index is 12.0. The Morgan fingerprint density at radius 3 is 2.54 bits per heavy atom. The molecule has 0 aliphatic rings. The van der Waals surface area contributed by atoms with Gasteiger partial charge in [0.15, 0.2) is 0 Å². The Morgan fingerprint density at radius 2 is 1.82 bits per heavy atom. The average molecular weight is 525 g/mol. The number of carbonyl (C=O) groups excluding carboxylic acids is 1. The number of hydrogen-bond donors (Lipinski definition) is 1. The Kier molecular flexibility index (Phi) is 7.30. The fourth-order valence-electron chi connectivity index (χ4n) is 2.32. The van der Waals surface area contributed by atoms with E-state index in [1.807, 2.05) is 42.5 Å². The number of carbonyl (C=O) groups is 1. The number of rotatable bonds is 6. The molecule has 0 bridgehead atoms. The average Bonchev–Trinajstić information content (AvgIpc) is 2.69. The highest BCUT2D eigenvalue weighted by Gasteiger charge is 2.06. The molecule has 0 aliphatic carbocycles. The van der Waals surface area contributed by atoms with E-state index in [-0.39, 0.29) is 5.91 Å². The summed E-state index contributed by atoms with van der Waals surface area (Å²) in [5, 5.41) is 5.25.